The van der Waals surface area contributed by atoms with Gasteiger partial charge in [-0.3, -0.25) is 9.48 Å². The first-order chi connectivity index (χ1) is 20.5. The van der Waals surface area contributed by atoms with Gasteiger partial charge in [-0.2, -0.15) is 22.6 Å². The van der Waals surface area contributed by atoms with Gasteiger partial charge in [-0.25, -0.2) is 8.42 Å². The van der Waals surface area contributed by atoms with Gasteiger partial charge < -0.3 is 20.2 Å². The van der Waals surface area contributed by atoms with Crippen LogP contribution in [0.3, 0.4) is 0 Å². The molecule has 246 valence electrons. The minimum atomic E-state index is -4.63. The number of nitrogens with one attached hydrogen (secondary N) is 1. The molecule has 0 spiro atoms. The molecule has 10 nitrogen and oxygen atoms in total. The number of fused-ring (bicyclic) bond motifs is 1. The standard InChI is InChI=1S/C30H45F3N6O4S/c1-20(2)14-28(41)34-16-22-15-21(6-7-26(22)30(31,32)33)29-25-19-38(44(5,42)43)13-10-27(25)39(35-29)18-24(40)17-37-11-8-23(9-12-37)36(3)4/h6-7,15,20,23-24,40H,8-14,16-19H2,1-5H3,(H,34,41). The molecule has 44 heavy (non-hydrogen) atoms. The van der Waals surface area contributed by atoms with Crippen molar-refractivity contribution in [1.29, 1.82) is 0 Å². The van der Waals surface area contributed by atoms with Crippen LogP contribution in [-0.2, 0) is 47.0 Å². The molecule has 1 aromatic carbocycles. The van der Waals surface area contributed by atoms with Crippen molar-refractivity contribution in [3.63, 3.8) is 0 Å². The van der Waals surface area contributed by atoms with Gasteiger partial charge in [-0.1, -0.05) is 19.9 Å². The molecular weight excluding hydrogens is 597 g/mol. The van der Waals surface area contributed by atoms with Gasteiger partial charge in [0.1, 0.15) is 0 Å². The van der Waals surface area contributed by atoms with Crippen molar-refractivity contribution >= 4 is 15.9 Å². The molecule has 2 N–H and O–H groups in total. The fraction of sp³-hybridized carbons (Fsp3) is 0.667. The third-order valence-electron chi connectivity index (χ3n) is 8.46. The van der Waals surface area contributed by atoms with Gasteiger partial charge >= 0.3 is 6.18 Å². The molecule has 1 aromatic heterocycles. The van der Waals surface area contributed by atoms with Crippen molar-refractivity contribution in [2.24, 2.45) is 5.92 Å². The van der Waals surface area contributed by atoms with Crippen molar-refractivity contribution in [2.75, 3.05) is 46.5 Å². The number of aliphatic hydroxyl groups is 1. The zero-order chi connectivity index (χ0) is 32.4. The zero-order valence-electron chi connectivity index (χ0n) is 26.2. The Kier molecular flexibility index (Phi) is 10.8. The average molecular weight is 643 g/mol. The van der Waals surface area contributed by atoms with Crippen LogP contribution < -0.4 is 5.32 Å². The maximum absolute atomic E-state index is 13.9. The normalized spacial score (nSPS) is 18.2. The molecule has 2 aromatic rings. The monoisotopic (exact) mass is 642 g/mol. The Morgan fingerprint density at radius 2 is 1.84 bits per heavy atom. The molecule has 0 radical (unpaired) electrons. The second-order valence-corrected chi connectivity index (χ2v) is 14.7. The van der Waals surface area contributed by atoms with E-state index >= 15 is 0 Å². The first-order valence-corrected chi connectivity index (χ1v) is 17.0. The summed E-state index contributed by atoms with van der Waals surface area (Å²) in [6.07, 6.45) is -1.68. The smallest absolute Gasteiger partial charge is 0.390 e. The van der Waals surface area contributed by atoms with Crippen LogP contribution in [0.25, 0.3) is 11.3 Å². The van der Waals surface area contributed by atoms with E-state index in [2.05, 4.69) is 29.2 Å². The molecule has 1 fully saturated rings. The number of likely N-dealkylation sites (tertiary alicyclic amines) is 1. The van der Waals surface area contributed by atoms with Crippen LogP contribution in [0, 0.1) is 5.92 Å². The number of amides is 1. The third kappa shape index (κ3) is 8.59. The van der Waals surface area contributed by atoms with Crippen LogP contribution in [0.5, 0.6) is 0 Å². The molecule has 0 aliphatic carbocycles. The average Bonchev–Trinajstić information content (AvgIpc) is 3.28. The molecule has 1 atom stereocenters. The van der Waals surface area contributed by atoms with Gasteiger partial charge in [0, 0.05) is 61.9 Å². The third-order valence-corrected chi connectivity index (χ3v) is 9.71. The van der Waals surface area contributed by atoms with Gasteiger partial charge in [0.2, 0.25) is 15.9 Å². The van der Waals surface area contributed by atoms with Crippen LogP contribution in [0.2, 0.25) is 0 Å². The molecule has 2 aliphatic heterocycles. The van der Waals surface area contributed by atoms with E-state index in [-0.39, 0.29) is 50.0 Å². The molecule has 2 aliphatic rings. The van der Waals surface area contributed by atoms with E-state index in [4.69, 9.17) is 5.10 Å². The second-order valence-electron chi connectivity index (χ2n) is 12.7. The highest BCUT2D eigenvalue weighted by Crippen LogP contribution is 2.37. The van der Waals surface area contributed by atoms with E-state index in [1.165, 1.54) is 16.4 Å². The Hall–Kier alpha value is -2.52. The minimum absolute atomic E-state index is 0.0269. The van der Waals surface area contributed by atoms with E-state index < -0.39 is 27.9 Å². The molecule has 1 unspecified atom stereocenters. The lowest BCUT2D eigenvalue weighted by Gasteiger charge is -2.36. The summed E-state index contributed by atoms with van der Waals surface area (Å²) in [5.74, 6) is -0.291. The predicted octanol–water partition coefficient (Wildman–Crippen LogP) is 2.94. The summed E-state index contributed by atoms with van der Waals surface area (Å²) in [4.78, 5) is 16.7. The number of halogens is 3. The Morgan fingerprint density at radius 3 is 2.43 bits per heavy atom. The molecule has 0 saturated carbocycles. The first kappa shape index (κ1) is 34.4. The van der Waals surface area contributed by atoms with E-state index in [1.54, 1.807) is 4.68 Å². The summed E-state index contributed by atoms with van der Waals surface area (Å²) in [7, 11) is 0.608. The van der Waals surface area contributed by atoms with Crippen LogP contribution in [-0.4, -0.2) is 102 Å². The maximum atomic E-state index is 13.9. The second kappa shape index (κ2) is 13.9. The molecule has 1 saturated heterocycles. The Morgan fingerprint density at radius 1 is 1.16 bits per heavy atom. The van der Waals surface area contributed by atoms with Gasteiger partial charge in [-0.15, -0.1) is 0 Å². The fourth-order valence-electron chi connectivity index (χ4n) is 6.11. The Bertz CT molecular complexity index is 1420. The van der Waals surface area contributed by atoms with Crippen molar-refractivity contribution in [3.8, 4) is 11.3 Å². The van der Waals surface area contributed by atoms with Gasteiger partial charge in [0.25, 0.3) is 0 Å². The summed E-state index contributed by atoms with van der Waals surface area (Å²) < 4.78 is 69.7. The SMILES string of the molecule is CC(C)CC(=O)NCc1cc(-c2nn(CC(O)CN3CCC(N(C)C)CC3)c3c2CN(S(C)(=O)=O)CC3)ccc1C(F)(F)F. The Labute approximate surface area is 258 Å². The first-order valence-electron chi connectivity index (χ1n) is 15.1. The molecule has 3 heterocycles. The molecule has 14 heteroatoms. The van der Waals surface area contributed by atoms with Crippen LogP contribution in [0.15, 0.2) is 18.2 Å². The van der Waals surface area contributed by atoms with Gasteiger partial charge in [0.05, 0.1) is 30.2 Å². The highest BCUT2D eigenvalue weighted by atomic mass is 32.2. The summed E-state index contributed by atoms with van der Waals surface area (Å²) in [5, 5.41) is 18.4. The highest BCUT2D eigenvalue weighted by Gasteiger charge is 2.35. The molecule has 4 rings (SSSR count). The number of rotatable bonds is 11. The summed E-state index contributed by atoms with van der Waals surface area (Å²) in [6, 6.07) is 4.20. The largest absolute Gasteiger partial charge is 0.416 e. The number of β-amino-alcohol motifs (C(OH)–C–C–N with tert-alkyl or cyclic N) is 1. The number of carbonyl (C=O) groups excluding carboxylic acids is 1. The quantitative estimate of drug-likeness (QED) is 0.388. The molecule has 0 bridgehead atoms. The maximum Gasteiger partial charge on any atom is 0.416 e. The van der Waals surface area contributed by atoms with Crippen molar-refractivity contribution in [2.45, 2.75) is 77.5 Å². The number of aromatic nitrogens is 2. The predicted molar refractivity (Wildman–Crippen MR) is 162 cm³/mol. The lowest BCUT2D eigenvalue weighted by atomic mass is 9.97. The van der Waals surface area contributed by atoms with Crippen LogP contribution in [0.4, 0.5) is 13.2 Å². The van der Waals surface area contributed by atoms with E-state index in [0.717, 1.165) is 43.9 Å². The van der Waals surface area contributed by atoms with Crippen LogP contribution in [0.1, 0.15) is 55.5 Å². The van der Waals surface area contributed by atoms with E-state index in [0.29, 0.717) is 35.8 Å². The number of nitrogens with zero attached hydrogens (tertiary/aromatic N) is 5. The van der Waals surface area contributed by atoms with Crippen molar-refractivity contribution < 1.29 is 31.5 Å². The number of hydrogen-bond donors (Lipinski definition) is 2. The summed E-state index contributed by atoms with van der Waals surface area (Å²) in [5.41, 5.74) is 1.16. The topological polar surface area (TPSA) is 111 Å². The minimum Gasteiger partial charge on any atom is -0.390 e. The summed E-state index contributed by atoms with van der Waals surface area (Å²) >= 11 is 0. The number of hydrogen-bond acceptors (Lipinski definition) is 7. The molecule has 1 amide bonds. The lowest BCUT2D eigenvalue weighted by molar-refractivity contribution is -0.138. The number of sulfonamides is 1. The van der Waals surface area contributed by atoms with Gasteiger partial charge in [-0.05, 0) is 63.6 Å². The number of alkyl halides is 3. The molecular formula is C30H45F3N6O4S. The van der Waals surface area contributed by atoms with Crippen molar-refractivity contribution in [1.82, 2.24) is 29.2 Å². The summed E-state index contributed by atoms with van der Waals surface area (Å²) in [6.45, 7) is 6.03. The number of piperidine rings is 1. The number of carbonyl (C=O) groups is 1. The van der Waals surface area contributed by atoms with E-state index in [9.17, 15) is 31.5 Å². The highest BCUT2D eigenvalue weighted by molar-refractivity contribution is 7.88. The number of aliphatic hydroxyl groups excluding tert-OH is 1. The lowest BCUT2D eigenvalue weighted by Crippen LogP contribution is -2.45. The van der Waals surface area contributed by atoms with Crippen LogP contribution >= 0.6 is 0 Å². The van der Waals surface area contributed by atoms with Gasteiger partial charge in [0.15, 0.2) is 0 Å². The number of benzene rings is 1. The zero-order valence-corrected chi connectivity index (χ0v) is 27.0. The fourth-order valence-corrected chi connectivity index (χ4v) is 6.89. The van der Waals surface area contributed by atoms with E-state index in [1.807, 2.05) is 13.8 Å². The Balaban J connectivity index is 1.64. The van der Waals surface area contributed by atoms with Crippen molar-refractivity contribution in [3.05, 3.63) is 40.6 Å².